The predicted molar refractivity (Wildman–Crippen MR) is 108 cm³/mol. The lowest BCUT2D eigenvalue weighted by Crippen LogP contribution is -2.69. The van der Waals surface area contributed by atoms with E-state index < -0.39 is 35.4 Å². The Hall–Kier alpha value is -2.03. The molecular formula is C17H22N5O5PS. The number of fused-ring (bicyclic) bond motifs is 1. The lowest BCUT2D eigenvalue weighted by Gasteiger charge is -2.45. The highest BCUT2D eigenvalue weighted by Gasteiger charge is 2.66. The number of nitrogens with one attached hydrogen (secondary N) is 1. The molecule has 3 rings (SSSR count). The molecular weight excluding hydrogens is 417 g/mol. The van der Waals surface area contributed by atoms with E-state index in [4.69, 9.17) is 10.1 Å². The van der Waals surface area contributed by atoms with Crippen LogP contribution in [0.2, 0.25) is 0 Å². The molecule has 2 saturated heterocycles. The lowest BCUT2D eigenvalue weighted by molar-refractivity contribution is -0.149. The Bertz CT molecular complexity index is 935. The number of amides is 2. The van der Waals surface area contributed by atoms with Crippen LogP contribution in [0.5, 0.6) is 0 Å². The number of rotatable bonds is 7. The third-order valence-corrected chi connectivity index (χ3v) is 8.83. The summed E-state index contributed by atoms with van der Waals surface area (Å²) in [5.41, 5.74) is 9.94. The summed E-state index contributed by atoms with van der Waals surface area (Å²) in [5, 5.41) is 5.83. The minimum Gasteiger partial charge on any atom is -0.341 e. The van der Waals surface area contributed by atoms with Gasteiger partial charge in [-0.05, 0) is 30.5 Å². The Balaban J connectivity index is 1.71. The third-order valence-electron chi connectivity index (χ3n) is 5.05. The third kappa shape index (κ3) is 4.01. The van der Waals surface area contributed by atoms with Crippen LogP contribution in [0, 0.1) is 0 Å². The summed E-state index contributed by atoms with van der Waals surface area (Å²) in [6.45, 7) is 3.69. The van der Waals surface area contributed by atoms with Crippen molar-refractivity contribution in [2.24, 2.45) is 5.11 Å². The smallest absolute Gasteiger partial charge is 0.341 e. The van der Waals surface area contributed by atoms with E-state index in [1.165, 1.54) is 16.7 Å². The van der Waals surface area contributed by atoms with Gasteiger partial charge in [-0.2, -0.15) is 0 Å². The Kier molecular flexibility index (Phi) is 5.98. The molecule has 10 nitrogen and oxygen atoms in total. The molecule has 0 saturated carbocycles. The molecule has 0 aromatic heterocycles. The Morgan fingerprint density at radius 2 is 2.10 bits per heavy atom. The van der Waals surface area contributed by atoms with Crippen molar-refractivity contribution in [3.8, 4) is 0 Å². The monoisotopic (exact) mass is 439 g/mol. The molecule has 1 aromatic carbocycles. The molecule has 1 aromatic rings. The van der Waals surface area contributed by atoms with Crippen molar-refractivity contribution in [2.75, 3.05) is 7.11 Å². The highest BCUT2D eigenvalue weighted by Crippen LogP contribution is 2.64. The highest BCUT2D eigenvalue weighted by atomic mass is 32.2. The Labute approximate surface area is 172 Å². The van der Waals surface area contributed by atoms with Gasteiger partial charge in [0.05, 0.1) is 13.0 Å². The first-order valence-corrected chi connectivity index (χ1v) is 11.4. The van der Waals surface area contributed by atoms with Crippen LogP contribution >= 0.6 is 19.4 Å². The summed E-state index contributed by atoms with van der Waals surface area (Å²) in [7, 11) is -2.88. The zero-order valence-corrected chi connectivity index (χ0v) is 17.9. The molecule has 0 spiro atoms. The van der Waals surface area contributed by atoms with Crippen LogP contribution in [-0.4, -0.2) is 50.7 Å². The minimum absolute atomic E-state index is 0.0294. The molecule has 2 heterocycles. The average molecular weight is 439 g/mol. The molecule has 0 radical (unpaired) electrons. The van der Waals surface area contributed by atoms with E-state index >= 15 is 0 Å². The fourth-order valence-electron chi connectivity index (χ4n) is 3.75. The van der Waals surface area contributed by atoms with Crippen molar-refractivity contribution in [1.29, 1.82) is 0 Å². The van der Waals surface area contributed by atoms with E-state index in [0.717, 1.165) is 12.7 Å². The molecule has 2 aliphatic heterocycles. The zero-order chi connectivity index (χ0) is 21.4. The number of benzene rings is 1. The van der Waals surface area contributed by atoms with Crippen molar-refractivity contribution in [3.05, 3.63) is 45.8 Å². The standard InChI is InChI=1S/C17H22N5O5PS/c1-17(2)16(28(25,26)27-3)22-14(24)13(15(22)29-17)20-12(23)8-10-6-4-5-7-11(10)9-19-21-18/h4-7,13,15-16H,8-9H2,1-3H3,(H,20,23)(H,25,26)/t13?,15-,16?/m1/s1. The largest absolute Gasteiger partial charge is 0.351 e. The first-order chi connectivity index (χ1) is 13.6. The van der Waals surface area contributed by atoms with Crippen LogP contribution in [0.15, 0.2) is 29.4 Å². The number of azide groups is 1. The molecule has 4 atom stereocenters. The second-order valence-electron chi connectivity index (χ2n) is 7.36. The van der Waals surface area contributed by atoms with Crippen molar-refractivity contribution in [2.45, 2.75) is 48.8 Å². The first-order valence-electron chi connectivity index (χ1n) is 8.87. The maximum atomic E-state index is 12.7. The van der Waals surface area contributed by atoms with Crippen LogP contribution in [0.4, 0.5) is 0 Å². The molecule has 2 fully saturated rings. The summed E-state index contributed by atoms with van der Waals surface area (Å²) in [4.78, 5) is 39.4. The van der Waals surface area contributed by atoms with Gasteiger partial charge in [-0.15, -0.1) is 11.8 Å². The molecule has 12 heteroatoms. The fraction of sp³-hybridized carbons (Fsp3) is 0.529. The molecule has 2 amide bonds. The van der Waals surface area contributed by atoms with Gasteiger partial charge in [0.1, 0.15) is 17.2 Å². The normalized spacial score (nSPS) is 26.7. The number of β-lactam (4-membered cyclic amide) rings is 1. The SMILES string of the molecule is COP(=O)(O)C1N2C(=O)C(NC(=O)Cc3ccccc3CN=[N+]=[N-])[C@H]2SC1(C)C. The zero-order valence-electron chi connectivity index (χ0n) is 16.2. The highest BCUT2D eigenvalue weighted by molar-refractivity contribution is 8.02. The number of carbonyl (C=O) groups is 2. The summed E-state index contributed by atoms with van der Waals surface area (Å²) >= 11 is 1.37. The van der Waals surface area contributed by atoms with E-state index in [-0.39, 0.29) is 18.9 Å². The summed E-state index contributed by atoms with van der Waals surface area (Å²) in [6.07, 6.45) is 0.0294. The molecule has 2 N–H and O–H groups in total. The number of carbonyl (C=O) groups excluding carboxylic acids is 2. The van der Waals surface area contributed by atoms with Crippen LogP contribution in [0.1, 0.15) is 25.0 Å². The quantitative estimate of drug-likeness (QED) is 0.219. The van der Waals surface area contributed by atoms with Gasteiger partial charge in [-0.3, -0.25) is 14.2 Å². The van der Waals surface area contributed by atoms with Crippen molar-refractivity contribution < 1.29 is 23.6 Å². The molecule has 3 unspecified atom stereocenters. The Morgan fingerprint density at radius 3 is 2.72 bits per heavy atom. The van der Waals surface area contributed by atoms with E-state index in [1.54, 1.807) is 38.1 Å². The van der Waals surface area contributed by atoms with Crippen molar-refractivity contribution >= 4 is 31.2 Å². The molecule has 0 bridgehead atoms. The van der Waals surface area contributed by atoms with Crippen molar-refractivity contribution in [1.82, 2.24) is 10.2 Å². The number of hydrogen-bond acceptors (Lipinski definition) is 6. The summed E-state index contributed by atoms with van der Waals surface area (Å²) in [6, 6.07) is 6.34. The minimum atomic E-state index is -4.02. The van der Waals surface area contributed by atoms with Crippen LogP contribution in [0.25, 0.3) is 10.4 Å². The van der Waals surface area contributed by atoms with E-state index in [2.05, 4.69) is 15.3 Å². The van der Waals surface area contributed by atoms with E-state index in [1.807, 2.05) is 0 Å². The number of thioether (sulfide) groups is 1. The lowest BCUT2D eigenvalue weighted by atomic mass is 10.0. The van der Waals surface area contributed by atoms with Gasteiger partial charge in [-0.1, -0.05) is 29.4 Å². The van der Waals surface area contributed by atoms with Crippen LogP contribution in [0.3, 0.4) is 0 Å². The summed E-state index contributed by atoms with van der Waals surface area (Å²) < 4.78 is 16.5. The summed E-state index contributed by atoms with van der Waals surface area (Å²) in [5.74, 6) is -1.72. The van der Waals surface area contributed by atoms with Gasteiger partial charge < -0.3 is 19.6 Å². The van der Waals surface area contributed by atoms with Gasteiger partial charge in [0.2, 0.25) is 11.8 Å². The molecule has 2 aliphatic rings. The van der Waals surface area contributed by atoms with Crippen LogP contribution < -0.4 is 5.32 Å². The number of hydrogen-bond donors (Lipinski definition) is 2. The second kappa shape index (κ2) is 8.01. The maximum Gasteiger partial charge on any atom is 0.351 e. The number of nitrogens with zero attached hydrogens (tertiary/aromatic N) is 4. The Morgan fingerprint density at radius 1 is 1.45 bits per heavy atom. The molecule has 156 valence electrons. The van der Waals surface area contributed by atoms with E-state index in [0.29, 0.717) is 5.56 Å². The molecule has 29 heavy (non-hydrogen) atoms. The van der Waals surface area contributed by atoms with Gasteiger partial charge in [0.25, 0.3) is 0 Å². The molecule has 0 aliphatic carbocycles. The van der Waals surface area contributed by atoms with Gasteiger partial charge in [-0.25, -0.2) is 0 Å². The maximum absolute atomic E-state index is 12.7. The fourth-order valence-corrected chi connectivity index (χ4v) is 7.50. The topological polar surface area (TPSA) is 145 Å². The second-order valence-corrected chi connectivity index (χ2v) is 11.1. The predicted octanol–water partition coefficient (Wildman–Crippen LogP) is 2.38. The van der Waals surface area contributed by atoms with Gasteiger partial charge >= 0.3 is 7.60 Å². The van der Waals surface area contributed by atoms with Gasteiger partial charge in [0, 0.05) is 16.8 Å². The average Bonchev–Trinajstić information content (AvgIpc) is 2.94. The first kappa shape index (κ1) is 21.7. The van der Waals surface area contributed by atoms with Gasteiger partial charge in [0.15, 0.2) is 0 Å². The van der Waals surface area contributed by atoms with Crippen LogP contribution in [-0.2, 0) is 31.6 Å². The van der Waals surface area contributed by atoms with E-state index in [9.17, 15) is 19.0 Å². The van der Waals surface area contributed by atoms with Crippen molar-refractivity contribution in [3.63, 3.8) is 0 Å².